The molecule has 1 N–H and O–H groups in total. The fourth-order valence-corrected chi connectivity index (χ4v) is 2.43. The minimum absolute atomic E-state index is 0.0337. The van der Waals surface area contributed by atoms with E-state index < -0.39 is 0 Å². The van der Waals surface area contributed by atoms with E-state index in [0.717, 1.165) is 31.8 Å². The summed E-state index contributed by atoms with van der Waals surface area (Å²) < 4.78 is 5.30. The van der Waals surface area contributed by atoms with Gasteiger partial charge in [0.1, 0.15) is 0 Å². The van der Waals surface area contributed by atoms with Crippen molar-refractivity contribution in [1.29, 1.82) is 0 Å². The molecule has 1 amide bonds. The van der Waals surface area contributed by atoms with E-state index in [0.29, 0.717) is 12.4 Å². The predicted octanol–water partition coefficient (Wildman–Crippen LogP) is 1.47. The van der Waals surface area contributed by atoms with Gasteiger partial charge in [0.15, 0.2) is 5.82 Å². The summed E-state index contributed by atoms with van der Waals surface area (Å²) in [6, 6.07) is 0.232. The highest BCUT2D eigenvalue weighted by Crippen LogP contribution is 2.20. The summed E-state index contributed by atoms with van der Waals surface area (Å²) >= 11 is 0. The van der Waals surface area contributed by atoms with Crippen LogP contribution in [-0.4, -0.2) is 40.1 Å². The van der Waals surface area contributed by atoms with Gasteiger partial charge in [-0.1, -0.05) is 25.9 Å². The first-order chi connectivity index (χ1) is 9.34. The van der Waals surface area contributed by atoms with E-state index in [9.17, 15) is 4.79 Å². The van der Waals surface area contributed by atoms with Gasteiger partial charge in [0, 0.05) is 24.9 Å². The summed E-state index contributed by atoms with van der Waals surface area (Å²) in [5, 5.41) is 7.03. The van der Waals surface area contributed by atoms with Crippen LogP contribution in [0.1, 0.15) is 52.3 Å². The zero-order chi connectivity index (χ0) is 14.8. The van der Waals surface area contributed by atoms with Crippen LogP contribution in [0.2, 0.25) is 0 Å². The first-order valence-electron chi connectivity index (χ1n) is 7.17. The molecule has 1 aliphatic heterocycles. The second-order valence-corrected chi connectivity index (χ2v) is 6.54. The molecule has 1 aromatic heterocycles. The highest BCUT2D eigenvalue weighted by molar-refractivity contribution is 5.73. The number of nitrogens with one attached hydrogen (secondary N) is 1. The summed E-state index contributed by atoms with van der Waals surface area (Å²) in [6.07, 6.45) is 2.12. The van der Waals surface area contributed by atoms with Gasteiger partial charge in [-0.15, -0.1) is 0 Å². The fourth-order valence-electron chi connectivity index (χ4n) is 2.43. The standard InChI is InChI=1S/C14H24N4O2/c1-10(19)15-11-6-5-7-18(8-11)9-12-16-13(20-17-12)14(2,3)4/h11H,5-9H2,1-4H3,(H,15,19)/t11-/m1/s1. The van der Waals surface area contributed by atoms with E-state index in [1.54, 1.807) is 6.92 Å². The Labute approximate surface area is 119 Å². The van der Waals surface area contributed by atoms with E-state index in [4.69, 9.17) is 4.52 Å². The molecule has 112 valence electrons. The third-order valence-corrected chi connectivity index (χ3v) is 3.39. The Morgan fingerprint density at radius 3 is 2.85 bits per heavy atom. The molecule has 0 aromatic carbocycles. The molecule has 0 spiro atoms. The maximum Gasteiger partial charge on any atom is 0.232 e. The van der Waals surface area contributed by atoms with Crippen molar-refractivity contribution >= 4 is 5.91 Å². The molecule has 0 radical (unpaired) electrons. The minimum Gasteiger partial charge on any atom is -0.352 e. The van der Waals surface area contributed by atoms with E-state index in [1.807, 2.05) is 0 Å². The average molecular weight is 280 g/mol. The molecule has 2 heterocycles. The van der Waals surface area contributed by atoms with Crippen molar-refractivity contribution in [2.45, 2.75) is 58.5 Å². The predicted molar refractivity (Wildman–Crippen MR) is 75.1 cm³/mol. The SMILES string of the molecule is CC(=O)N[C@@H]1CCCN(Cc2noc(C(C)(C)C)n2)C1. The van der Waals surface area contributed by atoms with Crippen molar-refractivity contribution in [2.75, 3.05) is 13.1 Å². The smallest absolute Gasteiger partial charge is 0.232 e. The molecular formula is C14H24N4O2. The molecule has 6 heteroatoms. The molecule has 1 atom stereocenters. The number of piperidine rings is 1. The Kier molecular flexibility index (Phi) is 4.42. The van der Waals surface area contributed by atoms with E-state index in [-0.39, 0.29) is 17.4 Å². The van der Waals surface area contributed by atoms with Crippen LogP contribution in [0, 0.1) is 0 Å². The van der Waals surface area contributed by atoms with Gasteiger partial charge in [-0.25, -0.2) is 0 Å². The van der Waals surface area contributed by atoms with Crippen LogP contribution < -0.4 is 5.32 Å². The molecule has 20 heavy (non-hydrogen) atoms. The normalized spacial score (nSPS) is 20.9. The van der Waals surface area contributed by atoms with Gasteiger partial charge < -0.3 is 9.84 Å². The highest BCUT2D eigenvalue weighted by Gasteiger charge is 2.24. The van der Waals surface area contributed by atoms with Crippen LogP contribution in [0.15, 0.2) is 4.52 Å². The summed E-state index contributed by atoms with van der Waals surface area (Å²) in [7, 11) is 0. The van der Waals surface area contributed by atoms with Gasteiger partial charge in [0.2, 0.25) is 11.8 Å². The Bertz CT molecular complexity index is 464. The average Bonchev–Trinajstić information content (AvgIpc) is 2.76. The number of carbonyl (C=O) groups excluding carboxylic acids is 1. The lowest BCUT2D eigenvalue weighted by atomic mass is 9.97. The lowest BCUT2D eigenvalue weighted by molar-refractivity contribution is -0.120. The molecular weight excluding hydrogens is 256 g/mol. The lowest BCUT2D eigenvalue weighted by Crippen LogP contribution is -2.46. The van der Waals surface area contributed by atoms with Crippen molar-refractivity contribution in [3.63, 3.8) is 0 Å². The lowest BCUT2D eigenvalue weighted by Gasteiger charge is -2.32. The topological polar surface area (TPSA) is 71.3 Å². The molecule has 0 unspecified atom stereocenters. The maximum atomic E-state index is 11.1. The van der Waals surface area contributed by atoms with Gasteiger partial charge >= 0.3 is 0 Å². The van der Waals surface area contributed by atoms with Crippen LogP contribution in [0.25, 0.3) is 0 Å². The number of rotatable bonds is 3. The van der Waals surface area contributed by atoms with Crippen LogP contribution in [0.5, 0.6) is 0 Å². The Balaban J connectivity index is 1.92. The Morgan fingerprint density at radius 2 is 2.25 bits per heavy atom. The highest BCUT2D eigenvalue weighted by atomic mass is 16.5. The van der Waals surface area contributed by atoms with Gasteiger partial charge in [-0.3, -0.25) is 9.69 Å². The zero-order valence-electron chi connectivity index (χ0n) is 12.8. The van der Waals surface area contributed by atoms with Crippen molar-refractivity contribution in [3.05, 3.63) is 11.7 Å². The zero-order valence-corrected chi connectivity index (χ0v) is 12.8. The number of carbonyl (C=O) groups is 1. The number of nitrogens with zero attached hydrogens (tertiary/aromatic N) is 3. The molecule has 0 aliphatic carbocycles. The number of hydrogen-bond donors (Lipinski definition) is 1. The largest absolute Gasteiger partial charge is 0.352 e. The van der Waals surface area contributed by atoms with Crippen LogP contribution in [0.3, 0.4) is 0 Å². The molecule has 1 aromatic rings. The van der Waals surface area contributed by atoms with Gasteiger partial charge in [0.25, 0.3) is 0 Å². The number of likely N-dealkylation sites (tertiary alicyclic amines) is 1. The third-order valence-electron chi connectivity index (χ3n) is 3.39. The molecule has 1 saturated heterocycles. The first-order valence-corrected chi connectivity index (χ1v) is 7.17. The quantitative estimate of drug-likeness (QED) is 0.907. The molecule has 2 rings (SSSR count). The van der Waals surface area contributed by atoms with Crippen molar-refractivity contribution in [3.8, 4) is 0 Å². The van der Waals surface area contributed by atoms with Crippen LogP contribution >= 0.6 is 0 Å². The van der Waals surface area contributed by atoms with Crippen LogP contribution in [-0.2, 0) is 16.8 Å². The number of hydrogen-bond acceptors (Lipinski definition) is 5. The van der Waals surface area contributed by atoms with Crippen molar-refractivity contribution < 1.29 is 9.32 Å². The second kappa shape index (κ2) is 5.91. The van der Waals surface area contributed by atoms with Gasteiger partial charge in [0.05, 0.1) is 6.54 Å². The fraction of sp³-hybridized carbons (Fsp3) is 0.786. The number of aromatic nitrogens is 2. The maximum absolute atomic E-state index is 11.1. The molecule has 6 nitrogen and oxygen atoms in total. The van der Waals surface area contributed by atoms with E-state index >= 15 is 0 Å². The molecule has 1 fully saturated rings. The first kappa shape index (κ1) is 15.0. The Morgan fingerprint density at radius 1 is 1.50 bits per heavy atom. The second-order valence-electron chi connectivity index (χ2n) is 6.54. The third kappa shape index (κ3) is 4.03. The van der Waals surface area contributed by atoms with Crippen molar-refractivity contribution in [2.24, 2.45) is 0 Å². The summed E-state index contributed by atoms with van der Waals surface area (Å²) in [5.74, 6) is 1.42. The summed E-state index contributed by atoms with van der Waals surface area (Å²) in [6.45, 7) is 10.3. The summed E-state index contributed by atoms with van der Waals surface area (Å²) in [4.78, 5) is 17.8. The molecule has 0 saturated carbocycles. The number of amides is 1. The van der Waals surface area contributed by atoms with Crippen molar-refractivity contribution in [1.82, 2.24) is 20.4 Å². The van der Waals surface area contributed by atoms with E-state index in [1.165, 1.54) is 0 Å². The van der Waals surface area contributed by atoms with Crippen LogP contribution in [0.4, 0.5) is 0 Å². The molecule has 1 aliphatic rings. The van der Waals surface area contributed by atoms with E-state index in [2.05, 4.69) is 41.1 Å². The monoisotopic (exact) mass is 280 g/mol. The molecule has 0 bridgehead atoms. The van der Waals surface area contributed by atoms with Gasteiger partial charge in [-0.2, -0.15) is 4.98 Å². The summed E-state index contributed by atoms with van der Waals surface area (Å²) in [5.41, 5.74) is -0.119. The Hall–Kier alpha value is -1.43. The minimum atomic E-state index is -0.119. The van der Waals surface area contributed by atoms with Gasteiger partial charge in [-0.05, 0) is 19.4 Å².